The summed E-state index contributed by atoms with van der Waals surface area (Å²) in [5, 5.41) is 2.35. The molecule has 0 radical (unpaired) electrons. The summed E-state index contributed by atoms with van der Waals surface area (Å²) >= 11 is 1.50. The molecule has 5 heteroatoms. The van der Waals surface area contributed by atoms with Crippen molar-refractivity contribution in [3.8, 4) is 0 Å². The van der Waals surface area contributed by atoms with Crippen LogP contribution in [0.1, 0.15) is 26.3 Å². The summed E-state index contributed by atoms with van der Waals surface area (Å²) in [6.45, 7) is 7.38. The number of nitrogens with zero attached hydrogens (tertiary/aromatic N) is 1. The molecule has 0 spiro atoms. The number of aryl methyl sites for hydroxylation is 1. The quantitative estimate of drug-likeness (QED) is 0.850. The van der Waals surface area contributed by atoms with Crippen LogP contribution < -0.4 is 5.32 Å². The minimum Gasteiger partial charge on any atom is -0.357 e. The van der Waals surface area contributed by atoms with E-state index in [0.29, 0.717) is 0 Å². The van der Waals surface area contributed by atoms with E-state index in [2.05, 4.69) is 5.32 Å². The number of thioether (sulfide) groups is 1. The molecule has 0 saturated heterocycles. The first kappa shape index (κ1) is 17.6. The van der Waals surface area contributed by atoms with Crippen molar-refractivity contribution in [3.63, 3.8) is 0 Å². The predicted molar refractivity (Wildman–Crippen MR) is 87.4 cm³/mol. The van der Waals surface area contributed by atoms with Crippen LogP contribution in [0.3, 0.4) is 0 Å². The largest absolute Gasteiger partial charge is 0.357 e. The fourth-order valence-electron chi connectivity index (χ4n) is 1.88. The molecule has 1 N–H and O–H groups in total. The molecular weight excluding hydrogens is 284 g/mol. The van der Waals surface area contributed by atoms with Crippen molar-refractivity contribution in [2.45, 2.75) is 43.4 Å². The fraction of sp³-hybridized carbons (Fsp3) is 0.500. The van der Waals surface area contributed by atoms with E-state index in [-0.39, 0.29) is 17.1 Å². The van der Waals surface area contributed by atoms with Gasteiger partial charge in [-0.3, -0.25) is 9.59 Å². The van der Waals surface area contributed by atoms with Gasteiger partial charge in [0.1, 0.15) is 5.54 Å². The number of likely N-dealkylation sites (N-methyl/N-ethyl adjacent to an activating group) is 2. The molecule has 0 aliphatic rings. The standard InChI is InChI=1S/C16H24N2O2S/c1-11-7-9-13(10-8-11)21-12(2)14(19)18(6)16(3,4)15(20)17-5/h7-10,12H,1-6H3,(H,17,20). The summed E-state index contributed by atoms with van der Waals surface area (Å²) in [4.78, 5) is 27.0. The Morgan fingerprint density at radius 3 is 2.24 bits per heavy atom. The molecule has 0 aromatic heterocycles. The monoisotopic (exact) mass is 308 g/mol. The van der Waals surface area contributed by atoms with E-state index in [1.165, 1.54) is 22.2 Å². The van der Waals surface area contributed by atoms with E-state index < -0.39 is 5.54 Å². The molecule has 0 heterocycles. The molecule has 1 aromatic carbocycles. The maximum atomic E-state index is 12.5. The lowest BCUT2D eigenvalue weighted by Crippen LogP contribution is -2.56. The first-order valence-corrected chi connectivity index (χ1v) is 7.81. The van der Waals surface area contributed by atoms with Crippen LogP contribution in [-0.4, -0.2) is 41.6 Å². The van der Waals surface area contributed by atoms with Crippen LogP contribution >= 0.6 is 11.8 Å². The molecule has 0 saturated carbocycles. The van der Waals surface area contributed by atoms with Crippen molar-refractivity contribution in [1.29, 1.82) is 0 Å². The molecule has 0 bridgehead atoms. The molecule has 0 aliphatic heterocycles. The van der Waals surface area contributed by atoms with Gasteiger partial charge < -0.3 is 10.2 Å². The normalized spacial score (nSPS) is 12.7. The Morgan fingerprint density at radius 1 is 1.24 bits per heavy atom. The van der Waals surface area contributed by atoms with Gasteiger partial charge in [0.15, 0.2) is 0 Å². The Hall–Kier alpha value is -1.49. The summed E-state index contributed by atoms with van der Waals surface area (Å²) in [7, 11) is 3.25. The Balaban J connectivity index is 2.78. The average molecular weight is 308 g/mol. The highest BCUT2D eigenvalue weighted by molar-refractivity contribution is 8.00. The van der Waals surface area contributed by atoms with Crippen molar-refractivity contribution >= 4 is 23.6 Å². The summed E-state index contributed by atoms with van der Waals surface area (Å²) < 4.78 is 0. The van der Waals surface area contributed by atoms with Crippen LogP contribution in [-0.2, 0) is 9.59 Å². The molecule has 0 aliphatic carbocycles. The van der Waals surface area contributed by atoms with Crippen LogP contribution in [0.15, 0.2) is 29.2 Å². The van der Waals surface area contributed by atoms with Gasteiger partial charge in [-0.2, -0.15) is 0 Å². The number of amides is 2. The number of hydrogen-bond donors (Lipinski definition) is 1. The van der Waals surface area contributed by atoms with Crippen molar-refractivity contribution < 1.29 is 9.59 Å². The second-order valence-corrected chi connectivity index (χ2v) is 7.02. The summed E-state index contributed by atoms with van der Waals surface area (Å²) in [5.41, 5.74) is 0.324. The van der Waals surface area contributed by atoms with Gasteiger partial charge in [0.05, 0.1) is 5.25 Å². The molecule has 21 heavy (non-hydrogen) atoms. The first-order valence-electron chi connectivity index (χ1n) is 6.93. The van der Waals surface area contributed by atoms with Crippen molar-refractivity contribution in [2.75, 3.05) is 14.1 Å². The van der Waals surface area contributed by atoms with Gasteiger partial charge in [-0.25, -0.2) is 0 Å². The van der Waals surface area contributed by atoms with E-state index in [1.54, 1.807) is 27.9 Å². The molecule has 1 atom stereocenters. The lowest BCUT2D eigenvalue weighted by molar-refractivity contribution is -0.143. The van der Waals surface area contributed by atoms with E-state index in [0.717, 1.165) is 4.90 Å². The van der Waals surface area contributed by atoms with Gasteiger partial charge in [-0.1, -0.05) is 17.7 Å². The maximum Gasteiger partial charge on any atom is 0.245 e. The van der Waals surface area contributed by atoms with E-state index in [1.807, 2.05) is 38.1 Å². The third kappa shape index (κ3) is 4.24. The number of nitrogens with one attached hydrogen (secondary N) is 1. The van der Waals surface area contributed by atoms with Crippen molar-refractivity contribution in [1.82, 2.24) is 10.2 Å². The van der Waals surface area contributed by atoms with Crippen molar-refractivity contribution in [3.05, 3.63) is 29.8 Å². The molecule has 116 valence electrons. The Kier molecular flexibility index (Phi) is 5.84. The molecule has 2 amide bonds. The minimum atomic E-state index is -0.867. The third-order valence-corrected chi connectivity index (χ3v) is 4.73. The number of hydrogen-bond acceptors (Lipinski definition) is 3. The second-order valence-electron chi connectivity index (χ2n) is 5.61. The Morgan fingerprint density at radius 2 is 1.76 bits per heavy atom. The topological polar surface area (TPSA) is 49.4 Å². The van der Waals surface area contributed by atoms with Gasteiger partial charge in [0.2, 0.25) is 11.8 Å². The molecule has 1 rings (SSSR count). The lowest BCUT2D eigenvalue weighted by atomic mass is 10.0. The van der Waals surface area contributed by atoms with Crippen LogP contribution in [0.2, 0.25) is 0 Å². The highest BCUT2D eigenvalue weighted by atomic mass is 32.2. The molecule has 1 unspecified atom stereocenters. The third-order valence-electron chi connectivity index (χ3n) is 3.63. The zero-order valence-corrected chi connectivity index (χ0v) is 14.4. The van der Waals surface area contributed by atoms with E-state index in [9.17, 15) is 9.59 Å². The van der Waals surface area contributed by atoms with Gasteiger partial charge in [0.25, 0.3) is 0 Å². The molecule has 4 nitrogen and oxygen atoms in total. The summed E-state index contributed by atoms with van der Waals surface area (Å²) in [5.74, 6) is -0.236. The van der Waals surface area contributed by atoms with Crippen LogP contribution in [0.5, 0.6) is 0 Å². The number of rotatable bonds is 5. The van der Waals surface area contributed by atoms with Gasteiger partial charge >= 0.3 is 0 Å². The summed E-state index contributed by atoms with van der Waals surface area (Å²) in [6, 6.07) is 8.07. The zero-order chi connectivity index (χ0) is 16.2. The van der Waals surface area contributed by atoms with Crippen LogP contribution in [0, 0.1) is 6.92 Å². The predicted octanol–water partition coefficient (Wildman–Crippen LogP) is 2.46. The zero-order valence-electron chi connectivity index (χ0n) is 13.6. The lowest BCUT2D eigenvalue weighted by Gasteiger charge is -2.35. The number of carbonyl (C=O) groups is 2. The first-order chi connectivity index (χ1) is 9.70. The molecule has 0 fully saturated rings. The highest BCUT2D eigenvalue weighted by Crippen LogP contribution is 2.26. The smallest absolute Gasteiger partial charge is 0.245 e. The van der Waals surface area contributed by atoms with Crippen LogP contribution in [0.4, 0.5) is 0 Å². The fourth-order valence-corrected chi connectivity index (χ4v) is 2.84. The van der Waals surface area contributed by atoms with Gasteiger partial charge in [0, 0.05) is 19.0 Å². The SMILES string of the molecule is CNC(=O)C(C)(C)N(C)C(=O)C(C)Sc1ccc(C)cc1. The molecule has 1 aromatic rings. The Bertz CT molecular complexity index is 512. The summed E-state index contributed by atoms with van der Waals surface area (Å²) in [6.07, 6.45) is 0. The minimum absolute atomic E-state index is 0.0609. The molecular formula is C16H24N2O2S. The van der Waals surface area contributed by atoms with Crippen LogP contribution in [0.25, 0.3) is 0 Å². The van der Waals surface area contributed by atoms with Gasteiger partial charge in [-0.15, -0.1) is 11.8 Å². The second kappa shape index (κ2) is 6.98. The number of carbonyl (C=O) groups excluding carboxylic acids is 2. The van der Waals surface area contributed by atoms with E-state index >= 15 is 0 Å². The Labute approximate surface area is 131 Å². The maximum absolute atomic E-state index is 12.5. The van der Waals surface area contributed by atoms with Crippen molar-refractivity contribution in [2.24, 2.45) is 0 Å². The van der Waals surface area contributed by atoms with E-state index in [4.69, 9.17) is 0 Å². The van der Waals surface area contributed by atoms with Gasteiger partial charge in [-0.05, 0) is 39.8 Å². The highest BCUT2D eigenvalue weighted by Gasteiger charge is 2.36. The number of benzene rings is 1. The average Bonchev–Trinajstić information content (AvgIpc) is 2.46.